The Labute approximate surface area is 143 Å². The van der Waals surface area contributed by atoms with E-state index in [0.717, 1.165) is 30.9 Å². The van der Waals surface area contributed by atoms with Gasteiger partial charge in [-0.15, -0.1) is 0 Å². The molecule has 4 atom stereocenters. The number of benzene rings is 1. The van der Waals surface area contributed by atoms with Gasteiger partial charge in [-0.25, -0.2) is 0 Å². The first-order valence-corrected chi connectivity index (χ1v) is 8.81. The van der Waals surface area contributed by atoms with Crippen LogP contribution in [0.2, 0.25) is 0 Å². The average molecular weight is 376 g/mol. The minimum absolute atomic E-state index is 0.0643. The maximum absolute atomic E-state index is 12.7. The number of likely N-dealkylation sites (tertiary alicyclic amines) is 1. The number of carbonyl (C=O) groups is 1. The van der Waals surface area contributed by atoms with Crippen LogP contribution < -0.4 is 9.47 Å². The number of ketones is 1. The summed E-state index contributed by atoms with van der Waals surface area (Å²) < 4.78 is 11.5. The lowest BCUT2D eigenvalue weighted by atomic mass is 9.53. The molecule has 2 heterocycles. The summed E-state index contributed by atoms with van der Waals surface area (Å²) >= 11 is 4.06. The first-order chi connectivity index (χ1) is 11.0. The highest BCUT2D eigenvalue weighted by Crippen LogP contribution is 2.66. The summed E-state index contributed by atoms with van der Waals surface area (Å²) in [6.45, 7) is 0.967. The number of hydrogen-bond donors (Lipinski definition) is 0. The SMILES string of the molecule is COc1ccc2c3c1O[C@H]1C(=O)C=CC4(Br)[C@@H](C2)N(C)CC[C@]314. The molecular formula is C18H18BrNO3. The number of ether oxygens (including phenoxy) is 2. The van der Waals surface area contributed by atoms with Gasteiger partial charge in [0.2, 0.25) is 0 Å². The Kier molecular flexibility index (Phi) is 2.56. The molecule has 4 aliphatic rings. The lowest BCUT2D eigenvalue weighted by Gasteiger charge is -2.60. The van der Waals surface area contributed by atoms with E-state index in [9.17, 15) is 4.79 Å². The number of carbonyl (C=O) groups excluding carboxylic acids is 1. The van der Waals surface area contributed by atoms with Gasteiger partial charge in [-0.2, -0.15) is 0 Å². The van der Waals surface area contributed by atoms with Gasteiger partial charge < -0.3 is 14.4 Å². The predicted molar refractivity (Wildman–Crippen MR) is 89.6 cm³/mol. The molecule has 4 nitrogen and oxygen atoms in total. The number of alkyl halides is 1. The van der Waals surface area contributed by atoms with Crippen LogP contribution in [-0.4, -0.2) is 47.9 Å². The molecule has 1 aromatic carbocycles. The van der Waals surface area contributed by atoms with Crippen LogP contribution in [0, 0.1) is 0 Å². The minimum Gasteiger partial charge on any atom is -0.493 e. The van der Waals surface area contributed by atoms with Crippen molar-refractivity contribution in [3.63, 3.8) is 0 Å². The van der Waals surface area contributed by atoms with Gasteiger partial charge in [0.05, 0.1) is 16.8 Å². The highest BCUT2D eigenvalue weighted by molar-refractivity contribution is 9.10. The van der Waals surface area contributed by atoms with Gasteiger partial charge in [-0.1, -0.05) is 28.1 Å². The van der Waals surface area contributed by atoms with E-state index in [1.165, 1.54) is 11.1 Å². The molecule has 1 saturated heterocycles. The normalized spacial score (nSPS) is 39.9. The van der Waals surface area contributed by atoms with E-state index >= 15 is 0 Å². The van der Waals surface area contributed by atoms with Crippen LogP contribution >= 0.6 is 15.9 Å². The van der Waals surface area contributed by atoms with Crippen LogP contribution in [0.15, 0.2) is 24.3 Å². The average Bonchev–Trinajstić information content (AvgIpc) is 2.90. The lowest BCUT2D eigenvalue weighted by molar-refractivity contribution is -0.126. The molecular weight excluding hydrogens is 358 g/mol. The van der Waals surface area contributed by atoms with Gasteiger partial charge in [-0.3, -0.25) is 4.79 Å². The van der Waals surface area contributed by atoms with Crippen LogP contribution in [-0.2, 0) is 16.6 Å². The Morgan fingerprint density at radius 3 is 3.04 bits per heavy atom. The molecule has 0 aromatic heterocycles. The zero-order valence-corrected chi connectivity index (χ0v) is 14.7. The van der Waals surface area contributed by atoms with Crippen LogP contribution in [0.25, 0.3) is 0 Å². The van der Waals surface area contributed by atoms with Gasteiger partial charge in [-0.05, 0) is 44.1 Å². The maximum atomic E-state index is 12.7. The number of likely N-dealkylation sites (N-methyl/N-ethyl adjacent to an activating group) is 1. The predicted octanol–water partition coefficient (Wildman–Crippen LogP) is 2.23. The third-order valence-corrected chi connectivity index (χ3v) is 7.78. The number of rotatable bonds is 1. The first kappa shape index (κ1) is 14.1. The van der Waals surface area contributed by atoms with Gasteiger partial charge in [0.1, 0.15) is 0 Å². The fraction of sp³-hybridized carbons (Fsp3) is 0.500. The zero-order valence-electron chi connectivity index (χ0n) is 13.1. The van der Waals surface area contributed by atoms with Gasteiger partial charge in [0.15, 0.2) is 23.4 Å². The van der Waals surface area contributed by atoms with Gasteiger partial charge in [0, 0.05) is 11.6 Å². The van der Waals surface area contributed by atoms with E-state index in [2.05, 4.69) is 40.0 Å². The van der Waals surface area contributed by atoms with E-state index in [4.69, 9.17) is 9.47 Å². The summed E-state index contributed by atoms with van der Waals surface area (Å²) in [6.07, 6.45) is 5.18. The van der Waals surface area contributed by atoms with Crippen LogP contribution in [0.4, 0.5) is 0 Å². The molecule has 1 spiro atoms. The Morgan fingerprint density at radius 1 is 1.43 bits per heavy atom. The second-order valence-corrected chi connectivity index (χ2v) is 8.37. The van der Waals surface area contributed by atoms with Crippen molar-refractivity contribution in [3.05, 3.63) is 35.4 Å². The van der Waals surface area contributed by atoms with Crippen LogP contribution in [0.1, 0.15) is 17.5 Å². The Hall–Kier alpha value is -1.33. The highest BCUT2D eigenvalue weighted by Gasteiger charge is 2.71. The fourth-order valence-corrected chi connectivity index (χ4v) is 6.47. The van der Waals surface area contributed by atoms with Crippen molar-refractivity contribution in [1.82, 2.24) is 4.90 Å². The summed E-state index contributed by atoms with van der Waals surface area (Å²) in [5.74, 6) is 1.57. The molecule has 5 heteroatoms. The Bertz CT molecular complexity index is 776. The van der Waals surface area contributed by atoms with E-state index in [-0.39, 0.29) is 15.5 Å². The third-order valence-electron chi connectivity index (χ3n) is 6.28. The van der Waals surface area contributed by atoms with E-state index in [1.54, 1.807) is 13.2 Å². The molecule has 1 fully saturated rings. The second kappa shape index (κ2) is 4.19. The quantitative estimate of drug-likeness (QED) is 0.705. The number of hydrogen-bond acceptors (Lipinski definition) is 4. The highest BCUT2D eigenvalue weighted by atomic mass is 79.9. The van der Waals surface area contributed by atoms with Gasteiger partial charge >= 0.3 is 0 Å². The van der Waals surface area contributed by atoms with Crippen LogP contribution in [0.5, 0.6) is 11.5 Å². The van der Waals surface area contributed by atoms with E-state index in [1.807, 2.05) is 6.07 Å². The summed E-state index contributed by atoms with van der Waals surface area (Å²) in [7, 11) is 3.83. The number of piperidine rings is 1. The molecule has 120 valence electrons. The maximum Gasteiger partial charge on any atom is 0.196 e. The summed E-state index contributed by atoms with van der Waals surface area (Å²) in [5, 5.41) is 0. The molecule has 1 aromatic rings. The lowest BCUT2D eigenvalue weighted by Crippen LogP contribution is -2.72. The number of methoxy groups -OCH3 is 1. The number of nitrogens with zero attached hydrogens (tertiary/aromatic N) is 1. The molecule has 23 heavy (non-hydrogen) atoms. The standard InChI is InChI=1S/C18H18BrNO3/c1-20-8-7-17-14-10-3-4-12(22-2)15(14)23-16(17)11(21)5-6-18(17,19)13(20)9-10/h3-6,13,16H,7-9H2,1-2H3/t13-,16+,17+,18?/m1/s1. The Balaban J connectivity index is 1.89. The summed E-state index contributed by atoms with van der Waals surface area (Å²) in [6, 6.07) is 4.43. The smallest absolute Gasteiger partial charge is 0.196 e. The summed E-state index contributed by atoms with van der Waals surface area (Å²) in [4.78, 5) is 15.1. The zero-order chi connectivity index (χ0) is 16.0. The van der Waals surface area contributed by atoms with E-state index < -0.39 is 6.10 Å². The fourth-order valence-electron chi connectivity index (χ4n) is 5.22. The summed E-state index contributed by atoms with van der Waals surface area (Å²) in [5.41, 5.74) is 2.16. The van der Waals surface area contributed by atoms with Crippen molar-refractivity contribution in [2.45, 2.75) is 34.7 Å². The van der Waals surface area contributed by atoms with Gasteiger partial charge in [0.25, 0.3) is 0 Å². The minimum atomic E-state index is -0.451. The van der Waals surface area contributed by atoms with Crippen molar-refractivity contribution >= 4 is 21.7 Å². The van der Waals surface area contributed by atoms with Crippen LogP contribution in [0.3, 0.4) is 0 Å². The van der Waals surface area contributed by atoms with Crippen molar-refractivity contribution in [2.24, 2.45) is 0 Å². The third kappa shape index (κ3) is 1.36. The molecule has 0 amide bonds. The van der Waals surface area contributed by atoms with Crippen molar-refractivity contribution < 1.29 is 14.3 Å². The van der Waals surface area contributed by atoms with Crippen molar-refractivity contribution in [1.29, 1.82) is 0 Å². The molecule has 5 rings (SSSR count). The molecule has 2 bridgehead atoms. The largest absolute Gasteiger partial charge is 0.493 e. The van der Waals surface area contributed by atoms with Crippen molar-refractivity contribution in [2.75, 3.05) is 20.7 Å². The van der Waals surface area contributed by atoms with E-state index in [0.29, 0.717) is 6.04 Å². The molecule has 2 aliphatic heterocycles. The molecule has 0 N–H and O–H groups in total. The topological polar surface area (TPSA) is 38.8 Å². The molecule has 1 unspecified atom stereocenters. The Morgan fingerprint density at radius 2 is 2.26 bits per heavy atom. The second-order valence-electron chi connectivity index (χ2n) is 7.05. The first-order valence-electron chi connectivity index (χ1n) is 8.02. The molecule has 0 saturated carbocycles. The molecule has 2 aliphatic carbocycles. The van der Waals surface area contributed by atoms with Crippen molar-refractivity contribution in [3.8, 4) is 11.5 Å². The molecule has 0 radical (unpaired) electrons. The monoisotopic (exact) mass is 375 g/mol. The number of halogens is 1.